The molecule has 3 nitrogen and oxygen atoms in total. The Morgan fingerprint density at radius 2 is 1.80 bits per heavy atom. The first kappa shape index (κ1) is 10.7. The van der Waals surface area contributed by atoms with Gasteiger partial charge in [-0.3, -0.25) is 0 Å². The van der Waals surface area contributed by atoms with Crippen LogP contribution in [-0.2, 0) is 4.57 Å². The molecular weight excluding hydrogens is 279 g/mol. The molecule has 5 heteroatoms. The van der Waals surface area contributed by atoms with Crippen LogP contribution < -0.4 is 4.52 Å². The zero-order valence-corrected chi connectivity index (χ0v) is 10.2. The SMILES string of the molecule is O=[PH](O)Oc1ccc2cc(Br)ccc2c1. The van der Waals surface area contributed by atoms with Gasteiger partial charge in [-0.2, -0.15) is 0 Å². The Morgan fingerprint density at radius 1 is 1.13 bits per heavy atom. The second-order valence-electron chi connectivity index (χ2n) is 3.02. The van der Waals surface area contributed by atoms with Gasteiger partial charge in [0.2, 0.25) is 0 Å². The predicted molar refractivity (Wildman–Crippen MR) is 63.5 cm³/mol. The molecule has 2 aromatic rings. The lowest BCUT2D eigenvalue weighted by molar-refractivity contribution is 0.411. The second-order valence-corrected chi connectivity index (χ2v) is 4.67. The summed E-state index contributed by atoms with van der Waals surface area (Å²) in [5, 5.41) is 2.02. The smallest absolute Gasteiger partial charge is 0.365 e. The number of benzene rings is 2. The summed E-state index contributed by atoms with van der Waals surface area (Å²) in [6.07, 6.45) is 0. The molecule has 78 valence electrons. The van der Waals surface area contributed by atoms with Crippen molar-refractivity contribution in [2.24, 2.45) is 0 Å². The first-order chi connectivity index (χ1) is 7.15. The van der Waals surface area contributed by atoms with Crippen LogP contribution in [0.2, 0.25) is 0 Å². The van der Waals surface area contributed by atoms with Crippen LogP contribution in [0.5, 0.6) is 5.75 Å². The summed E-state index contributed by atoms with van der Waals surface area (Å²) in [4.78, 5) is 8.64. The lowest BCUT2D eigenvalue weighted by atomic mass is 10.1. The predicted octanol–water partition coefficient (Wildman–Crippen LogP) is 3.36. The van der Waals surface area contributed by atoms with Crippen molar-refractivity contribution in [1.29, 1.82) is 0 Å². The van der Waals surface area contributed by atoms with Crippen molar-refractivity contribution in [3.63, 3.8) is 0 Å². The highest BCUT2D eigenvalue weighted by atomic mass is 79.9. The van der Waals surface area contributed by atoms with Crippen LogP contribution in [0, 0.1) is 0 Å². The highest BCUT2D eigenvalue weighted by Crippen LogP contribution is 2.28. The summed E-state index contributed by atoms with van der Waals surface area (Å²) < 4.78 is 16.3. The van der Waals surface area contributed by atoms with Gasteiger partial charge in [-0.05, 0) is 35.0 Å². The summed E-state index contributed by atoms with van der Waals surface area (Å²) in [7, 11) is -2.92. The molecule has 1 atom stereocenters. The number of rotatable bonds is 2. The fourth-order valence-electron chi connectivity index (χ4n) is 1.36. The maximum atomic E-state index is 10.5. The first-order valence-corrected chi connectivity index (χ1v) is 6.31. The normalized spacial score (nSPS) is 12.7. The van der Waals surface area contributed by atoms with Crippen LogP contribution >= 0.6 is 24.2 Å². The third-order valence-electron chi connectivity index (χ3n) is 1.98. The molecule has 15 heavy (non-hydrogen) atoms. The topological polar surface area (TPSA) is 46.5 Å². The molecule has 0 amide bonds. The van der Waals surface area contributed by atoms with Crippen LogP contribution in [0.4, 0.5) is 0 Å². The van der Waals surface area contributed by atoms with Gasteiger partial charge < -0.3 is 9.42 Å². The van der Waals surface area contributed by atoms with Gasteiger partial charge in [0.1, 0.15) is 5.75 Å². The van der Waals surface area contributed by atoms with Crippen LogP contribution in [-0.4, -0.2) is 4.89 Å². The van der Waals surface area contributed by atoms with Crippen molar-refractivity contribution in [2.45, 2.75) is 0 Å². The van der Waals surface area contributed by atoms with E-state index < -0.39 is 8.25 Å². The van der Waals surface area contributed by atoms with Crippen molar-refractivity contribution in [3.05, 3.63) is 40.9 Å². The molecule has 2 rings (SSSR count). The standard InChI is InChI=1S/C10H8BrO3P/c11-9-3-1-8-6-10(14-15(12)13)4-2-7(8)5-9/h1-6,15H,(H,12,13). The van der Waals surface area contributed by atoms with Gasteiger partial charge in [-0.1, -0.05) is 28.1 Å². The molecule has 2 aromatic carbocycles. The maximum Gasteiger partial charge on any atom is 0.365 e. The Morgan fingerprint density at radius 3 is 2.53 bits per heavy atom. The van der Waals surface area contributed by atoms with Crippen LogP contribution in [0.25, 0.3) is 10.8 Å². The van der Waals surface area contributed by atoms with Gasteiger partial charge >= 0.3 is 8.25 Å². The van der Waals surface area contributed by atoms with E-state index in [0.717, 1.165) is 15.2 Å². The Hall–Kier alpha value is -0.830. The zero-order chi connectivity index (χ0) is 10.8. The lowest BCUT2D eigenvalue weighted by Crippen LogP contribution is -1.80. The van der Waals surface area contributed by atoms with Gasteiger partial charge in [0.15, 0.2) is 0 Å². The highest BCUT2D eigenvalue weighted by molar-refractivity contribution is 9.10. The fourth-order valence-corrected chi connectivity index (χ4v) is 2.07. The summed E-state index contributed by atoms with van der Waals surface area (Å²) in [6.45, 7) is 0. The minimum Gasteiger partial charge on any atom is -0.426 e. The largest absolute Gasteiger partial charge is 0.426 e. The first-order valence-electron chi connectivity index (χ1n) is 4.25. The van der Waals surface area contributed by atoms with E-state index in [1.165, 1.54) is 0 Å². The van der Waals surface area contributed by atoms with Crippen molar-refractivity contribution < 1.29 is 14.0 Å². The number of fused-ring (bicyclic) bond motifs is 1. The van der Waals surface area contributed by atoms with E-state index in [4.69, 9.17) is 9.42 Å². The van der Waals surface area contributed by atoms with Crippen LogP contribution in [0.1, 0.15) is 0 Å². The molecule has 0 spiro atoms. The van der Waals surface area contributed by atoms with E-state index in [9.17, 15) is 4.57 Å². The molecule has 0 aliphatic carbocycles. The minimum absolute atomic E-state index is 0.413. The second kappa shape index (κ2) is 4.35. The van der Waals surface area contributed by atoms with Gasteiger partial charge in [-0.25, -0.2) is 4.57 Å². The molecular formula is C10H8BrO3P. The molecule has 1 unspecified atom stereocenters. The summed E-state index contributed by atoms with van der Waals surface area (Å²) >= 11 is 3.37. The van der Waals surface area contributed by atoms with Crippen LogP contribution in [0.3, 0.4) is 0 Å². The van der Waals surface area contributed by atoms with Gasteiger partial charge in [0.05, 0.1) is 0 Å². The monoisotopic (exact) mass is 286 g/mol. The molecule has 0 bridgehead atoms. The van der Waals surface area contributed by atoms with Crippen molar-refractivity contribution in [2.75, 3.05) is 0 Å². The van der Waals surface area contributed by atoms with Gasteiger partial charge in [0.25, 0.3) is 0 Å². The third-order valence-corrected chi connectivity index (χ3v) is 2.88. The summed E-state index contributed by atoms with van der Waals surface area (Å²) in [6, 6.07) is 11.1. The van der Waals surface area contributed by atoms with E-state index in [0.29, 0.717) is 5.75 Å². The van der Waals surface area contributed by atoms with Gasteiger partial charge in [0, 0.05) is 4.47 Å². The van der Waals surface area contributed by atoms with E-state index in [1.54, 1.807) is 12.1 Å². The Bertz CT molecular complexity index is 527. The van der Waals surface area contributed by atoms with E-state index in [2.05, 4.69) is 15.9 Å². The van der Waals surface area contributed by atoms with E-state index >= 15 is 0 Å². The van der Waals surface area contributed by atoms with E-state index in [1.807, 2.05) is 24.3 Å². The fraction of sp³-hybridized carbons (Fsp3) is 0. The molecule has 0 heterocycles. The quantitative estimate of drug-likeness (QED) is 0.861. The Kier molecular flexibility index (Phi) is 3.10. The van der Waals surface area contributed by atoms with Crippen molar-refractivity contribution >= 4 is 35.0 Å². The summed E-state index contributed by atoms with van der Waals surface area (Å²) in [5.74, 6) is 0.413. The molecule has 0 saturated heterocycles. The molecule has 0 aliphatic rings. The maximum absolute atomic E-state index is 10.5. The molecule has 0 aromatic heterocycles. The summed E-state index contributed by atoms with van der Waals surface area (Å²) in [5.41, 5.74) is 0. The number of halogens is 1. The van der Waals surface area contributed by atoms with Crippen molar-refractivity contribution in [3.8, 4) is 5.75 Å². The minimum atomic E-state index is -2.92. The van der Waals surface area contributed by atoms with Crippen LogP contribution in [0.15, 0.2) is 40.9 Å². The Labute approximate surface area is 95.8 Å². The average molecular weight is 287 g/mol. The van der Waals surface area contributed by atoms with Gasteiger partial charge in [-0.15, -0.1) is 0 Å². The zero-order valence-electron chi connectivity index (χ0n) is 7.61. The Balaban J connectivity index is 2.47. The lowest BCUT2D eigenvalue weighted by Gasteiger charge is -2.03. The highest BCUT2D eigenvalue weighted by Gasteiger charge is 2.00. The third kappa shape index (κ3) is 2.59. The molecule has 1 N–H and O–H groups in total. The average Bonchev–Trinajstić information content (AvgIpc) is 2.17. The molecule has 0 fully saturated rings. The van der Waals surface area contributed by atoms with E-state index in [-0.39, 0.29) is 0 Å². The van der Waals surface area contributed by atoms with Crippen molar-refractivity contribution in [1.82, 2.24) is 0 Å². The molecule has 0 aliphatic heterocycles. The molecule has 0 saturated carbocycles. The number of hydrogen-bond donors (Lipinski definition) is 1. The molecule has 0 radical (unpaired) electrons. The number of hydrogen-bond acceptors (Lipinski definition) is 2.